The van der Waals surface area contributed by atoms with E-state index in [0.29, 0.717) is 42.0 Å². The van der Waals surface area contributed by atoms with Crippen molar-refractivity contribution in [3.05, 3.63) is 129 Å². The van der Waals surface area contributed by atoms with Crippen LogP contribution in [0.2, 0.25) is 5.02 Å². The lowest BCUT2D eigenvalue weighted by Gasteiger charge is -2.40. The lowest BCUT2D eigenvalue weighted by Crippen LogP contribution is -2.56. The van der Waals surface area contributed by atoms with Crippen molar-refractivity contribution in [1.82, 2.24) is 39.2 Å². The number of amides is 2. The highest BCUT2D eigenvalue weighted by Gasteiger charge is 2.41. The van der Waals surface area contributed by atoms with Gasteiger partial charge in [0.2, 0.25) is 5.91 Å². The fourth-order valence-corrected chi connectivity index (χ4v) is 11.3. The number of allylic oxidation sites excluding steroid dienone is 2. The monoisotopic (exact) mass is 1020 g/mol. The molecule has 20 heteroatoms. The smallest absolute Gasteiger partial charge is 0.312 e. The van der Waals surface area contributed by atoms with Gasteiger partial charge in [-0.05, 0) is 117 Å². The van der Waals surface area contributed by atoms with Gasteiger partial charge in [-0.25, -0.2) is 23.1 Å². The van der Waals surface area contributed by atoms with Crippen LogP contribution >= 0.6 is 11.6 Å². The van der Waals surface area contributed by atoms with Crippen molar-refractivity contribution in [1.29, 1.82) is 0 Å². The van der Waals surface area contributed by atoms with Crippen LogP contribution in [0.25, 0.3) is 33.3 Å². The fourth-order valence-electron chi connectivity index (χ4n) is 10.2. The second-order valence-corrected chi connectivity index (χ2v) is 22.2. The molecule has 2 atom stereocenters. The molecule has 2 N–H and O–H groups in total. The Kier molecular flexibility index (Phi) is 13.4. The van der Waals surface area contributed by atoms with Crippen LogP contribution in [0.15, 0.2) is 107 Å². The van der Waals surface area contributed by atoms with Gasteiger partial charge in [0.15, 0.2) is 11.4 Å². The van der Waals surface area contributed by atoms with Crippen molar-refractivity contribution < 1.29 is 32.4 Å². The third-order valence-corrected chi connectivity index (χ3v) is 15.7. The minimum Gasteiger partial charge on any atom is -0.484 e. The minimum atomic E-state index is -4.69. The fraction of sp³-hybridized carbons (Fsp3) is 0.385. The van der Waals surface area contributed by atoms with Gasteiger partial charge in [-0.3, -0.25) is 34.4 Å². The molecule has 3 aromatic carbocycles. The molecule has 0 spiro atoms. The van der Waals surface area contributed by atoms with Crippen molar-refractivity contribution in [2.45, 2.75) is 56.6 Å². The number of piperazine rings is 1. The number of aromatic amines is 1. The van der Waals surface area contributed by atoms with Crippen molar-refractivity contribution >= 4 is 72.5 Å². The van der Waals surface area contributed by atoms with Crippen molar-refractivity contribution in [3.63, 3.8) is 0 Å². The Morgan fingerprint density at radius 2 is 1.81 bits per heavy atom. The number of benzene rings is 3. The molecule has 2 amide bonds. The van der Waals surface area contributed by atoms with Crippen molar-refractivity contribution in [2.24, 2.45) is 5.41 Å². The lowest BCUT2D eigenvalue weighted by atomic mass is 9.72. The standard InChI is InChI=1S/C52H57ClN10O8S/c1-52(2)17-15-36(41(28-52)33-7-9-37(53)10-8-33)30-59-19-21-60(22-20-59)38-11-13-40(43(26-38)62-44-25-35-16-18-54-50(35)56-42(44)29-55-62)51(65)57-72(68,69)39-12-14-46(45(27-39)63(66)67)71-32-47-49(34-5-6-34)61(23-24-70-47)48(64)31-58(3)4/h5,7-14,16,18,25-27,29,47,49,55H,6,15,17,19-24,28,30-32H2,1-4H3,(H,57,65)/t47-,49?/m0/s1. The van der Waals surface area contributed by atoms with E-state index >= 15 is 0 Å². The molecule has 2 aliphatic carbocycles. The molecule has 1 unspecified atom stereocenters. The van der Waals surface area contributed by atoms with Gasteiger partial charge in [-0.15, -0.1) is 0 Å². The quantitative estimate of drug-likeness (QED) is 0.0593. The summed E-state index contributed by atoms with van der Waals surface area (Å²) in [6.07, 6.45) is 8.63. The van der Waals surface area contributed by atoms with Gasteiger partial charge in [0.05, 0.1) is 45.8 Å². The second-order valence-electron chi connectivity index (χ2n) is 20.0. The van der Waals surface area contributed by atoms with Crippen LogP contribution in [0.5, 0.6) is 5.75 Å². The summed E-state index contributed by atoms with van der Waals surface area (Å²) in [6, 6.07) is 20.0. The number of H-pyrrole nitrogens is 1. The van der Waals surface area contributed by atoms with Crippen LogP contribution < -0.4 is 14.4 Å². The summed E-state index contributed by atoms with van der Waals surface area (Å²) in [5.74, 6) is -1.22. The Labute approximate surface area is 422 Å². The zero-order valence-electron chi connectivity index (χ0n) is 40.6. The third kappa shape index (κ3) is 10.3. The van der Waals surface area contributed by atoms with Crippen LogP contribution in [-0.4, -0.2) is 145 Å². The number of pyridine rings is 1. The molecule has 10 rings (SSSR count). The molecule has 3 aromatic heterocycles. The summed E-state index contributed by atoms with van der Waals surface area (Å²) in [4.78, 5) is 56.0. The molecular weight excluding hydrogens is 960 g/mol. The van der Waals surface area contributed by atoms with E-state index < -0.39 is 43.6 Å². The van der Waals surface area contributed by atoms with Gasteiger partial charge >= 0.3 is 5.69 Å². The first-order valence-electron chi connectivity index (χ1n) is 24.1. The molecule has 6 aromatic rings. The number of morpholine rings is 1. The number of aromatic nitrogens is 4. The highest BCUT2D eigenvalue weighted by atomic mass is 35.5. The van der Waals surface area contributed by atoms with Crippen LogP contribution in [0.3, 0.4) is 0 Å². The molecule has 5 heterocycles. The van der Waals surface area contributed by atoms with Gasteiger partial charge in [0.1, 0.15) is 18.2 Å². The number of sulfonamides is 1. The number of nitro groups is 1. The number of hydrogen-bond acceptors (Lipinski definition) is 13. The first-order chi connectivity index (χ1) is 34.5. The van der Waals surface area contributed by atoms with E-state index in [1.54, 1.807) is 32.9 Å². The summed E-state index contributed by atoms with van der Waals surface area (Å²) in [7, 11) is -1.06. The van der Waals surface area contributed by atoms with E-state index in [-0.39, 0.29) is 42.4 Å². The maximum absolute atomic E-state index is 14.4. The Morgan fingerprint density at radius 1 is 1.03 bits per heavy atom. The predicted octanol–water partition coefficient (Wildman–Crippen LogP) is 7.23. The summed E-state index contributed by atoms with van der Waals surface area (Å²) >= 11 is 6.27. The van der Waals surface area contributed by atoms with Crippen LogP contribution in [0, 0.1) is 15.5 Å². The highest BCUT2D eigenvalue weighted by molar-refractivity contribution is 7.90. The zero-order chi connectivity index (χ0) is 50.5. The Morgan fingerprint density at radius 3 is 2.54 bits per heavy atom. The number of fused-ring (bicyclic) bond motifs is 2. The van der Waals surface area contributed by atoms with Gasteiger partial charge in [0.25, 0.3) is 15.9 Å². The first kappa shape index (κ1) is 49.0. The van der Waals surface area contributed by atoms with E-state index in [4.69, 9.17) is 21.1 Å². The van der Waals surface area contributed by atoms with E-state index in [2.05, 4.69) is 55.6 Å². The number of ether oxygens (including phenoxy) is 2. The number of nitrogens with one attached hydrogen (secondary N) is 2. The molecule has 72 heavy (non-hydrogen) atoms. The van der Waals surface area contributed by atoms with Gasteiger partial charge in [0, 0.05) is 73.8 Å². The first-order valence-corrected chi connectivity index (χ1v) is 26.0. The number of anilines is 1. The number of nitrogens with zero attached hydrogens (tertiary/aromatic N) is 8. The number of nitro benzene ring substituents is 1. The summed E-state index contributed by atoms with van der Waals surface area (Å²) < 4.78 is 44.0. The third-order valence-electron chi connectivity index (χ3n) is 14.1. The van der Waals surface area contributed by atoms with Gasteiger partial charge in [-0.2, -0.15) is 0 Å². The Bertz CT molecular complexity index is 3270. The number of carbonyl (C=O) groups excluding carboxylic acids is 2. The van der Waals surface area contributed by atoms with Crippen LogP contribution in [0.1, 0.15) is 55.5 Å². The average Bonchev–Trinajstić information content (AvgIpc) is 3.96. The maximum atomic E-state index is 14.4. The molecule has 0 bridgehead atoms. The Hall–Kier alpha value is -6.64. The molecule has 2 aliphatic heterocycles. The summed E-state index contributed by atoms with van der Waals surface area (Å²) in [6.45, 7) is 9.30. The molecule has 18 nitrogen and oxygen atoms in total. The maximum Gasteiger partial charge on any atom is 0.312 e. The van der Waals surface area contributed by atoms with Gasteiger partial charge < -0.3 is 24.2 Å². The zero-order valence-corrected chi connectivity index (χ0v) is 42.2. The number of likely N-dealkylation sites (N-methyl/N-ethyl adjacent to an activating group) is 1. The Balaban J connectivity index is 0.887. The topological polar surface area (TPSA) is 201 Å². The SMILES string of the molecule is CN(C)CC(=O)N1CCO[C@@H](COc2ccc(S(=O)(=O)NC(=O)c3ccc(N4CCN(CC5=C(c6ccc(Cl)cc6)CC(C)(C)CC5)CC4)cc3-n3[nH]cc4nc5nccc5cc43)cc2[N+](=O)[O-])C1C1=CC1. The molecule has 376 valence electrons. The normalized spacial score (nSPS) is 19.5. The molecule has 0 radical (unpaired) electrons. The number of halogens is 1. The molecule has 0 saturated carbocycles. The molecule has 4 aliphatic rings. The minimum absolute atomic E-state index is 0.0256. The lowest BCUT2D eigenvalue weighted by molar-refractivity contribution is -0.386. The number of hydrogen-bond donors (Lipinski definition) is 2. The van der Waals surface area contributed by atoms with E-state index in [1.165, 1.54) is 22.8 Å². The van der Waals surface area contributed by atoms with Crippen LogP contribution in [-0.2, 0) is 19.6 Å². The second kappa shape index (κ2) is 19.8. The van der Waals surface area contributed by atoms with Crippen LogP contribution in [0.4, 0.5) is 11.4 Å². The van der Waals surface area contributed by atoms with Gasteiger partial charge in [-0.1, -0.05) is 49.2 Å². The van der Waals surface area contributed by atoms with Crippen molar-refractivity contribution in [3.8, 4) is 11.4 Å². The highest BCUT2D eigenvalue weighted by Crippen LogP contribution is 2.44. The largest absolute Gasteiger partial charge is 0.484 e. The molecular formula is C52H57ClN10O8S. The molecule has 2 fully saturated rings. The number of carbonyl (C=O) groups is 2. The predicted molar refractivity (Wildman–Crippen MR) is 275 cm³/mol. The average molecular weight is 1020 g/mol. The molecule has 2 saturated heterocycles. The van der Waals surface area contributed by atoms with E-state index in [0.717, 1.165) is 79.1 Å². The summed E-state index contributed by atoms with van der Waals surface area (Å²) in [5.41, 5.74) is 7.69. The van der Waals surface area contributed by atoms with E-state index in [1.807, 2.05) is 56.6 Å². The van der Waals surface area contributed by atoms with Crippen molar-refractivity contribution in [2.75, 3.05) is 78.0 Å². The summed E-state index contributed by atoms with van der Waals surface area (Å²) in [5, 5.41) is 17.2. The van der Waals surface area contributed by atoms with E-state index in [9.17, 15) is 28.1 Å². The number of rotatable bonds is 15.